The van der Waals surface area contributed by atoms with E-state index in [9.17, 15) is 4.79 Å². The lowest BCUT2D eigenvalue weighted by atomic mass is 10.3. The maximum Gasteiger partial charge on any atom is 0.345 e. The highest BCUT2D eigenvalue weighted by Gasteiger charge is 2.09. The highest BCUT2D eigenvalue weighted by molar-refractivity contribution is 6.42. The van der Waals surface area contributed by atoms with E-state index in [2.05, 4.69) is 4.98 Å². The quantitative estimate of drug-likeness (QED) is 0.617. The average molecular weight is 268 g/mol. The van der Waals surface area contributed by atoms with Gasteiger partial charge in [0.15, 0.2) is 0 Å². The molecule has 0 N–H and O–H groups in total. The number of carbonyl (C=O) groups excluding carboxylic acids is 1. The van der Waals surface area contributed by atoms with Gasteiger partial charge in [0.25, 0.3) is 0 Å². The number of hydrogen-bond acceptors (Lipinski definition) is 3. The summed E-state index contributed by atoms with van der Waals surface area (Å²) in [5.74, 6) is -0.148. The average Bonchev–Trinajstić information content (AvgIpc) is 2.35. The maximum atomic E-state index is 11.7. The normalized spacial score (nSPS) is 10.0. The molecule has 0 aliphatic rings. The van der Waals surface area contributed by atoms with Gasteiger partial charge in [0.1, 0.15) is 5.75 Å². The number of aromatic nitrogens is 1. The fourth-order valence-electron chi connectivity index (χ4n) is 1.19. The van der Waals surface area contributed by atoms with E-state index in [1.165, 1.54) is 12.3 Å². The van der Waals surface area contributed by atoms with Gasteiger partial charge >= 0.3 is 5.97 Å². The summed E-state index contributed by atoms with van der Waals surface area (Å²) in [6, 6.07) is 7.90. The van der Waals surface area contributed by atoms with Crippen molar-refractivity contribution >= 4 is 29.2 Å². The van der Waals surface area contributed by atoms with Crippen molar-refractivity contribution in [3.8, 4) is 5.75 Å². The fraction of sp³-hybridized carbons (Fsp3) is 0. The summed E-state index contributed by atoms with van der Waals surface area (Å²) in [5.41, 5.74) is 0.374. The molecule has 2 rings (SSSR count). The van der Waals surface area contributed by atoms with E-state index in [1.54, 1.807) is 30.5 Å². The first-order valence-electron chi connectivity index (χ1n) is 4.74. The molecule has 0 saturated carbocycles. The third kappa shape index (κ3) is 2.96. The standard InChI is InChI=1S/C12H7Cl2NO2/c13-10-4-3-9(6-11(10)14)17-12(16)8-2-1-5-15-7-8/h1-7H. The molecule has 0 bridgehead atoms. The molecule has 0 atom stereocenters. The molecule has 0 spiro atoms. The largest absolute Gasteiger partial charge is 0.423 e. The number of hydrogen-bond donors (Lipinski definition) is 0. The Balaban J connectivity index is 2.16. The number of halogens is 2. The summed E-state index contributed by atoms with van der Waals surface area (Å²) < 4.78 is 5.11. The molecule has 1 aromatic heterocycles. The Bertz CT molecular complexity index is 543. The molecule has 0 radical (unpaired) electrons. The van der Waals surface area contributed by atoms with Gasteiger partial charge in [-0.05, 0) is 24.3 Å². The predicted octanol–water partition coefficient (Wildman–Crippen LogP) is 3.61. The summed E-state index contributed by atoms with van der Waals surface area (Å²) in [6.45, 7) is 0. The molecule has 0 aliphatic carbocycles. The van der Waals surface area contributed by atoms with Crippen molar-refractivity contribution in [3.05, 3.63) is 58.3 Å². The van der Waals surface area contributed by atoms with E-state index >= 15 is 0 Å². The van der Waals surface area contributed by atoms with Crippen molar-refractivity contribution in [2.75, 3.05) is 0 Å². The molecule has 2 aromatic rings. The van der Waals surface area contributed by atoms with Crippen LogP contribution in [0.2, 0.25) is 10.0 Å². The van der Waals surface area contributed by atoms with E-state index in [0.717, 1.165) is 0 Å². The molecule has 0 saturated heterocycles. The fourth-order valence-corrected chi connectivity index (χ4v) is 1.48. The van der Waals surface area contributed by atoms with Gasteiger partial charge in [0, 0.05) is 18.5 Å². The van der Waals surface area contributed by atoms with Crippen LogP contribution in [-0.4, -0.2) is 11.0 Å². The molecule has 0 aliphatic heterocycles. The number of nitrogens with zero attached hydrogens (tertiary/aromatic N) is 1. The molecular formula is C12H7Cl2NO2. The van der Waals surface area contributed by atoms with E-state index < -0.39 is 5.97 Å². The molecule has 0 fully saturated rings. The van der Waals surface area contributed by atoms with Crippen LogP contribution >= 0.6 is 23.2 Å². The second-order valence-corrected chi connectivity index (χ2v) is 4.02. The second kappa shape index (κ2) is 5.17. The van der Waals surface area contributed by atoms with Gasteiger partial charge in [-0.15, -0.1) is 0 Å². The smallest absolute Gasteiger partial charge is 0.345 e. The molecule has 86 valence electrons. The van der Waals surface area contributed by atoms with Gasteiger partial charge in [-0.2, -0.15) is 0 Å². The van der Waals surface area contributed by atoms with Crippen molar-refractivity contribution in [1.29, 1.82) is 0 Å². The lowest BCUT2D eigenvalue weighted by Gasteiger charge is -2.04. The molecule has 0 amide bonds. The van der Waals surface area contributed by atoms with Crippen molar-refractivity contribution < 1.29 is 9.53 Å². The Morgan fingerprint density at radius 1 is 1.18 bits per heavy atom. The minimum Gasteiger partial charge on any atom is -0.423 e. The number of pyridine rings is 1. The summed E-state index contributed by atoms with van der Waals surface area (Å²) in [4.78, 5) is 15.5. The number of ether oxygens (including phenoxy) is 1. The van der Waals surface area contributed by atoms with Gasteiger partial charge in [0.05, 0.1) is 15.6 Å². The van der Waals surface area contributed by atoms with Crippen molar-refractivity contribution in [2.45, 2.75) is 0 Å². The molecule has 5 heteroatoms. The number of carbonyl (C=O) groups is 1. The van der Waals surface area contributed by atoms with E-state index in [-0.39, 0.29) is 0 Å². The molecule has 17 heavy (non-hydrogen) atoms. The first kappa shape index (κ1) is 11.9. The van der Waals surface area contributed by atoms with Gasteiger partial charge < -0.3 is 4.74 Å². The maximum absolute atomic E-state index is 11.7. The third-order valence-corrected chi connectivity index (χ3v) is 2.74. The lowest BCUT2D eigenvalue weighted by molar-refractivity contribution is 0.0734. The van der Waals surface area contributed by atoms with Crippen molar-refractivity contribution in [1.82, 2.24) is 4.98 Å². The summed E-state index contributed by atoms with van der Waals surface area (Å²) >= 11 is 11.6. The summed E-state index contributed by atoms with van der Waals surface area (Å²) in [7, 11) is 0. The molecule has 0 unspecified atom stereocenters. The topological polar surface area (TPSA) is 39.2 Å². The highest BCUT2D eigenvalue weighted by Crippen LogP contribution is 2.26. The molecule has 3 nitrogen and oxygen atoms in total. The van der Waals surface area contributed by atoms with Crippen LogP contribution < -0.4 is 4.74 Å². The van der Waals surface area contributed by atoms with Crippen LogP contribution in [-0.2, 0) is 0 Å². The van der Waals surface area contributed by atoms with Gasteiger partial charge in [0.2, 0.25) is 0 Å². The van der Waals surface area contributed by atoms with Gasteiger partial charge in [-0.1, -0.05) is 23.2 Å². The Morgan fingerprint density at radius 3 is 2.65 bits per heavy atom. The number of rotatable bonds is 2. The van der Waals surface area contributed by atoms with Crippen molar-refractivity contribution in [2.24, 2.45) is 0 Å². The van der Waals surface area contributed by atoms with E-state index in [1.807, 2.05) is 0 Å². The monoisotopic (exact) mass is 267 g/mol. The summed E-state index contributed by atoms with van der Waals surface area (Å²) in [5, 5.41) is 0.746. The first-order valence-corrected chi connectivity index (χ1v) is 5.49. The van der Waals surface area contributed by atoms with Crippen molar-refractivity contribution in [3.63, 3.8) is 0 Å². The van der Waals surface area contributed by atoms with Gasteiger partial charge in [-0.25, -0.2) is 4.79 Å². The lowest BCUT2D eigenvalue weighted by Crippen LogP contribution is -2.08. The highest BCUT2D eigenvalue weighted by atomic mass is 35.5. The Kier molecular flexibility index (Phi) is 3.61. The zero-order chi connectivity index (χ0) is 12.3. The Hall–Kier alpha value is -1.58. The molecule has 1 heterocycles. The van der Waals surface area contributed by atoms with Gasteiger partial charge in [-0.3, -0.25) is 4.98 Å². The SMILES string of the molecule is O=C(Oc1ccc(Cl)c(Cl)c1)c1cccnc1. The molecular weight excluding hydrogens is 261 g/mol. The first-order chi connectivity index (χ1) is 8.16. The van der Waals surface area contributed by atoms with Crippen LogP contribution in [0, 0.1) is 0 Å². The van der Waals surface area contributed by atoms with E-state index in [0.29, 0.717) is 21.4 Å². The zero-order valence-electron chi connectivity index (χ0n) is 8.56. The Labute approximate surface area is 108 Å². The van der Waals surface area contributed by atoms with Crippen LogP contribution in [0.3, 0.4) is 0 Å². The Morgan fingerprint density at radius 2 is 2.00 bits per heavy atom. The predicted molar refractivity (Wildman–Crippen MR) is 65.7 cm³/mol. The third-order valence-electron chi connectivity index (χ3n) is 2.00. The van der Waals surface area contributed by atoms with Crippen LogP contribution in [0.15, 0.2) is 42.7 Å². The summed E-state index contributed by atoms with van der Waals surface area (Å²) in [6.07, 6.45) is 3.01. The van der Waals surface area contributed by atoms with Crippen LogP contribution in [0.4, 0.5) is 0 Å². The van der Waals surface area contributed by atoms with Crippen LogP contribution in [0.1, 0.15) is 10.4 Å². The molecule has 1 aromatic carbocycles. The van der Waals surface area contributed by atoms with E-state index in [4.69, 9.17) is 27.9 Å². The minimum atomic E-state index is -0.489. The number of benzene rings is 1. The second-order valence-electron chi connectivity index (χ2n) is 3.21. The minimum absolute atomic E-state index is 0.336. The zero-order valence-corrected chi connectivity index (χ0v) is 10.1. The van der Waals surface area contributed by atoms with Crippen LogP contribution in [0.25, 0.3) is 0 Å². The number of esters is 1. The van der Waals surface area contributed by atoms with Crippen LogP contribution in [0.5, 0.6) is 5.75 Å².